The van der Waals surface area contributed by atoms with Crippen LogP contribution in [0.5, 0.6) is 0 Å². The van der Waals surface area contributed by atoms with Crippen LogP contribution in [0, 0.1) is 11.8 Å². The summed E-state index contributed by atoms with van der Waals surface area (Å²) in [5.41, 5.74) is 1.04. The van der Waals surface area contributed by atoms with Gasteiger partial charge < -0.3 is 19.8 Å². The number of fused-ring (bicyclic) bond motifs is 1. The lowest BCUT2D eigenvalue weighted by atomic mass is 9.70. The van der Waals surface area contributed by atoms with Crippen molar-refractivity contribution in [3.05, 3.63) is 61.2 Å². The largest absolute Gasteiger partial charge is 0.396 e. The van der Waals surface area contributed by atoms with E-state index in [2.05, 4.69) is 13.2 Å². The van der Waals surface area contributed by atoms with E-state index in [1.54, 1.807) is 28.8 Å². The van der Waals surface area contributed by atoms with Crippen molar-refractivity contribution >= 4 is 29.5 Å². The maximum Gasteiger partial charge on any atom is 0.247 e. The Bertz CT molecular complexity index is 1120. The third-order valence-electron chi connectivity index (χ3n) is 9.63. The smallest absolute Gasteiger partial charge is 0.247 e. The van der Waals surface area contributed by atoms with Gasteiger partial charge in [0, 0.05) is 44.1 Å². The van der Waals surface area contributed by atoms with Gasteiger partial charge in [-0.15, -0.1) is 24.9 Å². The first-order valence-electron chi connectivity index (χ1n) is 15.4. The van der Waals surface area contributed by atoms with Crippen LogP contribution in [-0.2, 0) is 20.9 Å². The van der Waals surface area contributed by atoms with Gasteiger partial charge in [-0.1, -0.05) is 61.7 Å². The van der Waals surface area contributed by atoms with Crippen molar-refractivity contribution < 1.29 is 19.5 Å². The SMILES string of the molecule is C=CCN(Cc1ccccc1)C(=O)[C@@H]1[C@H]2C(=O)N(CCCCO)C(C(=O)N(CC=C)C3CCCCC3)C23CC[C@H]1S3. The van der Waals surface area contributed by atoms with Gasteiger partial charge in [0.25, 0.3) is 0 Å². The Kier molecular flexibility index (Phi) is 9.59. The first-order chi connectivity index (χ1) is 20.0. The zero-order valence-electron chi connectivity index (χ0n) is 24.2. The van der Waals surface area contributed by atoms with E-state index in [0.29, 0.717) is 39.0 Å². The molecule has 3 heterocycles. The maximum absolute atomic E-state index is 14.6. The van der Waals surface area contributed by atoms with Crippen molar-refractivity contribution in [1.29, 1.82) is 0 Å². The fourth-order valence-electron chi connectivity index (χ4n) is 7.86. The molecule has 1 aliphatic carbocycles. The number of hydrogen-bond donors (Lipinski definition) is 1. The highest BCUT2D eigenvalue weighted by Gasteiger charge is 2.74. The predicted octanol–water partition coefficient (Wildman–Crippen LogP) is 4.41. The van der Waals surface area contributed by atoms with Crippen molar-refractivity contribution in [3.8, 4) is 0 Å². The van der Waals surface area contributed by atoms with E-state index in [0.717, 1.165) is 44.1 Å². The molecule has 3 saturated heterocycles. The molecule has 1 aromatic carbocycles. The molecule has 3 aliphatic heterocycles. The summed E-state index contributed by atoms with van der Waals surface area (Å²) in [6, 6.07) is 9.50. The van der Waals surface area contributed by atoms with Crippen molar-refractivity contribution in [2.75, 3.05) is 26.2 Å². The van der Waals surface area contributed by atoms with Crippen LogP contribution >= 0.6 is 11.8 Å². The molecule has 4 aliphatic rings. The van der Waals surface area contributed by atoms with Crippen molar-refractivity contribution in [3.63, 3.8) is 0 Å². The van der Waals surface area contributed by atoms with Crippen LogP contribution in [0.2, 0.25) is 0 Å². The molecule has 222 valence electrons. The number of unbranched alkanes of at least 4 members (excludes halogenated alkanes) is 1. The first kappa shape index (κ1) is 29.9. The molecule has 1 saturated carbocycles. The summed E-state index contributed by atoms with van der Waals surface area (Å²) in [4.78, 5) is 48.9. The first-order valence-corrected chi connectivity index (χ1v) is 16.3. The lowest BCUT2D eigenvalue weighted by molar-refractivity contribution is -0.145. The Labute approximate surface area is 249 Å². The highest BCUT2D eigenvalue weighted by Crippen LogP contribution is 2.66. The van der Waals surface area contributed by atoms with Crippen LogP contribution in [0.15, 0.2) is 55.6 Å². The van der Waals surface area contributed by atoms with Gasteiger partial charge in [0.1, 0.15) is 6.04 Å². The molecule has 1 spiro atoms. The number of aliphatic hydroxyl groups is 1. The molecule has 3 amide bonds. The molecule has 1 aromatic rings. The Morgan fingerprint density at radius 3 is 2.44 bits per heavy atom. The summed E-state index contributed by atoms with van der Waals surface area (Å²) in [5.74, 6) is -1.02. The van der Waals surface area contributed by atoms with Gasteiger partial charge in [-0.2, -0.15) is 0 Å². The normalized spacial score (nSPS) is 28.9. The zero-order chi connectivity index (χ0) is 29.0. The van der Waals surface area contributed by atoms with Gasteiger partial charge in [0.15, 0.2) is 0 Å². The Morgan fingerprint density at radius 1 is 1.02 bits per heavy atom. The Balaban J connectivity index is 1.48. The van der Waals surface area contributed by atoms with Crippen molar-refractivity contribution in [2.45, 2.75) is 86.4 Å². The molecule has 8 heteroatoms. The molecule has 0 aromatic heterocycles. The van der Waals surface area contributed by atoms with Crippen LogP contribution < -0.4 is 0 Å². The van der Waals surface area contributed by atoms with Gasteiger partial charge in [0.05, 0.1) is 16.6 Å². The summed E-state index contributed by atoms with van der Waals surface area (Å²) >= 11 is 1.73. The summed E-state index contributed by atoms with van der Waals surface area (Å²) < 4.78 is -0.598. The molecule has 1 N–H and O–H groups in total. The molecule has 5 atom stereocenters. The standard InChI is InChI=1S/C33H45N3O4S/c1-3-19-34(23-24-13-7-5-8-14-24)30(38)27-26-17-18-33(41-26)28(27)31(39)36(21-11-12-22-37)29(33)32(40)35(20-4-2)25-15-9-6-10-16-25/h3-5,7-8,13-14,25-29,37H,1-2,6,9-12,15-23H2/t26-,27+,28+,29?,33?/m1/s1. The molecule has 2 bridgehead atoms. The van der Waals surface area contributed by atoms with Gasteiger partial charge in [-0.25, -0.2) is 0 Å². The van der Waals surface area contributed by atoms with Crippen LogP contribution in [0.3, 0.4) is 0 Å². The lowest BCUT2D eigenvalue weighted by Crippen LogP contribution is -2.57. The summed E-state index contributed by atoms with van der Waals surface area (Å²) in [6.07, 6.45) is 11.7. The van der Waals surface area contributed by atoms with Gasteiger partial charge in [0.2, 0.25) is 17.7 Å². The number of thioether (sulfide) groups is 1. The summed E-state index contributed by atoms with van der Waals surface area (Å²) in [6.45, 7) is 9.67. The van der Waals surface area contributed by atoms with E-state index in [1.165, 1.54) is 6.42 Å². The molecule has 0 radical (unpaired) electrons. The van der Waals surface area contributed by atoms with E-state index in [1.807, 2.05) is 40.1 Å². The topological polar surface area (TPSA) is 81.2 Å². The van der Waals surface area contributed by atoms with Crippen LogP contribution in [0.25, 0.3) is 0 Å². The number of likely N-dealkylation sites (tertiary alicyclic amines) is 1. The van der Waals surface area contributed by atoms with E-state index in [9.17, 15) is 19.5 Å². The maximum atomic E-state index is 14.6. The number of hydrogen-bond acceptors (Lipinski definition) is 5. The third-order valence-corrected chi connectivity index (χ3v) is 11.6. The highest BCUT2D eigenvalue weighted by molar-refractivity contribution is 8.02. The molecular weight excluding hydrogens is 534 g/mol. The minimum absolute atomic E-state index is 0.00943. The molecule has 2 unspecified atom stereocenters. The van der Waals surface area contributed by atoms with Crippen LogP contribution in [0.4, 0.5) is 0 Å². The van der Waals surface area contributed by atoms with E-state index in [-0.39, 0.29) is 35.6 Å². The minimum Gasteiger partial charge on any atom is -0.396 e. The van der Waals surface area contributed by atoms with E-state index < -0.39 is 22.6 Å². The van der Waals surface area contributed by atoms with Crippen LogP contribution in [0.1, 0.15) is 63.4 Å². The second-order valence-electron chi connectivity index (χ2n) is 12.1. The number of nitrogens with zero attached hydrogens (tertiary/aromatic N) is 3. The Morgan fingerprint density at radius 2 is 1.76 bits per heavy atom. The quantitative estimate of drug-likeness (QED) is 0.277. The van der Waals surface area contributed by atoms with Crippen LogP contribution in [-0.4, -0.2) is 85.8 Å². The fourth-order valence-corrected chi connectivity index (χ4v) is 10.1. The summed E-state index contributed by atoms with van der Waals surface area (Å²) in [5, 5.41) is 9.49. The Hall–Kier alpha value is -2.58. The van der Waals surface area contributed by atoms with Crippen molar-refractivity contribution in [2.24, 2.45) is 11.8 Å². The minimum atomic E-state index is -0.598. The van der Waals surface area contributed by atoms with Gasteiger partial charge in [-0.05, 0) is 44.1 Å². The van der Waals surface area contributed by atoms with E-state index >= 15 is 0 Å². The number of carbonyl (C=O) groups is 3. The second-order valence-corrected chi connectivity index (χ2v) is 13.7. The van der Waals surface area contributed by atoms with Gasteiger partial charge >= 0.3 is 0 Å². The predicted molar refractivity (Wildman–Crippen MR) is 163 cm³/mol. The number of benzene rings is 1. The molecular formula is C33H45N3O4S. The number of amides is 3. The molecule has 7 nitrogen and oxygen atoms in total. The number of carbonyl (C=O) groups excluding carboxylic acids is 3. The average Bonchev–Trinajstić information content (AvgIpc) is 3.63. The second kappa shape index (κ2) is 13.2. The lowest BCUT2D eigenvalue weighted by Gasteiger charge is -2.41. The fraction of sp³-hybridized carbons (Fsp3) is 0.606. The number of rotatable bonds is 13. The monoisotopic (exact) mass is 579 g/mol. The molecule has 5 rings (SSSR count). The molecule has 4 fully saturated rings. The van der Waals surface area contributed by atoms with E-state index in [4.69, 9.17) is 0 Å². The zero-order valence-corrected chi connectivity index (χ0v) is 25.0. The van der Waals surface area contributed by atoms with Crippen molar-refractivity contribution in [1.82, 2.24) is 14.7 Å². The summed E-state index contributed by atoms with van der Waals surface area (Å²) in [7, 11) is 0. The third kappa shape index (κ3) is 5.62. The highest BCUT2D eigenvalue weighted by atomic mass is 32.2. The van der Waals surface area contributed by atoms with Gasteiger partial charge in [-0.3, -0.25) is 14.4 Å². The number of aliphatic hydroxyl groups excluding tert-OH is 1. The molecule has 41 heavy (non-hydrogen) atoms. The average molecular weight is 580 g/mol.